The van der Waals surface area contributed by atoms with Crippen LogP contribution in [0.15, 0.2) is 24.4 Å². The third-order valence-corrected chi connectivity index (χ3v) is 6.12. The second-order valence-electron chi connectivity index (χ2n) is 6.87. The number of carbonyl (C=O) groups is 1. The Bertz CT molecular complexity index is 861. The maximum atomic E-state index is 12.4. The summed E-state index contributed by atoms with van der Waals surface area (Å²) in [4.78, 5) is 17.0. The van der Waals surface area contributed by atoms with Gasteiger partial charge in [0.1, 0.15) is 5.82 Å². The number of esters is 1. The Morgan fingerprint density at radius 1 is 1.15 bits per heavy atom. The summed E-state index contributed by atoms with van der Waals surface area (Å²) in [5, 5.41) is 4.39. The first kappa shape index (κ1) is 17.6. The van der Waals surface area contributed by atoms with E-state index >= 15 is 0 Å². The summed E-state index contributed by atoms with van der Waals surface area (Å²) in [5.41, 5.74) is 3.75. The van der Waals surface area contributed by atoms with Crippen LogP contribution >= 0.6 is 23.2 Å². The number of anilines is 2. The van der Waals surface area contributed by atoms with E-state index in [2.05, 4.69) is 10.3 Å². The van der Waals surface area contributed by atoms with Gasteiger partial charge in [-0.25, -0.2) is 9.78 Å². The number of fused-ring (bicyclic) bond motifs is 2. The first-order chi connectivity index (χ1) is 12.6. The Hall–Kier alpha value is -1.78. The molecule has 0 aliphatic heterocycles. The number of aromatic nitrogens is 1. The number of pyridine rings is 1. The molecular weight excluding hydrogens is 371 g/mol. The Morgan fingerprint density at radius 2 is 1.85 bits per heavy atom. The van der Waals surface area contributed by atoms with Gasteiger partial charge in [0, 0.05) is 17.4 Å². The van der Waals surface area contributed by atoms with Crippen molar-refractivity contribution in [3.8, 4) is 0 Å². The molecule has 0 amide bonds. The van der Waals surface area contributed by atoms with Gasteiger partial charge in [-0.3, -0.25) is 0 Å². The van der Waals surface area contributed by atoms with Gasteiger partial charge >= 0.3 is 5.97 Å². The summed E-state index contributed by atoms with van der Waals surface area (Å²) in [6.45, 7) is 2.19. The van der Waals surface area contributed by atoms with E-state index in [0.717, 1.165) is 42.8 Å². The van der Waals surface area contributed by atoms with Crippen LogP contribution in [0.5, 0.6) is 0 Å². The third-order valence-electron chi connectivity index (χ3n) is 5.38. The summed E-state index contributed by atoms with van der Waals surface area (Å²) in [5.74, 6) is 1.37. The molecule has 136 valence electrons. The van der Waals surface area contributed by atoms with Crippen molar-refractivity contribution in [3.63, 3.8) is 0 Å². The Balaban J connectivity index is 1.78. The summed E-state index contributed by atoms with van der Waals surface area (Å²) in [6.07, 6.45) is 6.18. The zero-order chi connectivity index (χ0) is 18.3. The molecule has 1 saturated carbocycles. The van der Waals surface area contributed by atoms with Crippen LogP contribution in [0.25, 0.3) is 0 Å². The fourth-order valence-electron chi connectivity index (χ4n) is 4.25. The van der Waals surface area contributed by atoms with Gasteiger partial charge in [-0.15, -0.1) is 0 Å². The van der Waals surface area contributed by atoms with Crippen LogP contribution in [-0.2, 0) is 4.74 Å². The maximum absolute atomic E-state index is 12.4. The van der Waals surface area contributed by atoms with Gasteiger partial charge in [0.25, 0.3) is 0 Å². The van der Waals surface area contributed by atoms with Crippen LogP contribution in [-0.4, -0.2) is 17.6 Å². The fraction of sp³-hybridized carbons (Fsp3) is 0.400. The zero-order valence-electron chi connectivity index (χ0n) is 14.5. The quantitative estimate of drug-likeness (QED) is 0.644. The minimum atomic E-state index is -0.273. The smallest absolute Gasteiger partial charge is 0.339 e. The highest BCUT2D eigenvalue weighted by Crippen LogP contribution is 2.52. The maximum Gasteiger partial charge on any atom is 0.339 e. The van der Waals surface area contributed by atoms with Gasteiger partial charge in [0.15, 0.2) is 0 Å². The number of ether oxygens (including phenoxy) is 1. The van der Waals surface area contributed by atoms with E-state index < -0.39 is 0 Å². The Kier molecular flexibility index (Phi) is 4.80. The van der Waals surface area contributed by atoms with Gasteiger partial charge in [-0.1, -0.05) is 23.2 Å². The van der Waals surface area contributed by atoms with Crippen molar-refractivity contribution in [1.82, 2.24) is 4.98 Å². The molecule has 0 radical (unpaired) electrons. The molecule has 1 fully saturated rings. The van der Waals surface area contributed by atoms with Crippen LogP contribution in [0.1, 0.15) is 65.9 Å². The number of benzene rings is 1. The molecule has 2 bridgehead atoms. The molecule has 6 heteroatoms. The molecule has 0 spiro atoms. The largest absolute Gasteiger partial charge is 0.462 e. The van der Waals surface area contributed by atoms with Crippen LogP contribution in [0.2, 0.25) is 10.0 Å². The highest BCUT2D eigenvalue weighted by molar-refractivity contribution is 6.42. The number of hydrogen-bond acceptors (Lipinski definition) is 4. The van der Waals surface area contributed by atoms with Gasteiger partial charge in [-0.05, 0) is 68.2 Å². The molecular formula is C20H20Cl2N2O2. The number of rotatable bonds is 4. The van der Waals surface area contributed by atoms with Gasteiger partial charge < -0.3 is 10.1 Å². The second kappa shape index (κ2) is 7.09. The lowest BCUT2D eigenvalue weighted by atomic mass is 9.66. The minimum absolute atomic E-state index is 0.273. The van der Waals surface area contributed by atoms with Crippen molar-refractivity contribution in [3.05, 3.63) is 51.1 Å². The molecule has 4 nitrogen and oxygen atoms in total. The van der Waals surface area contributed by atoms with E-state index in [1.165, 1.54) is 5.56 Å². The third kappa shape index (κ3) is 3.06. The number of nitrogens with one attached hydrogen (secondary N) is 1. The van der Waals surface area contributed by atoms with E-state index in [1.807, 2.05) is 13.0 Å². The SMILES string of the molecule is CCOC(=O)c1cnc(Nc2ccc(Cl)c(Cl)c2)c2c1C1CCC2CC1. The minimum Gasteiger partial charge on any atom is -0.462 e. The second-order valence-corrected chi connectivity index (χ2v) is 7.69. The van der Waals surface area contributed by atoms with Crippen LogP contribution < -0.4 is 5.32 Å². The molecule has 1 heterocycles. The van der Waals surface area contributed by atoms with E-state index in [4.69, 9.17) is 27.9 Å². The average Bonchev–Trinajstić information content (AvgIpc) is 2.66. The average molecular weight is 391 g/mol. The molecule has 5 rings (SSSR count). The first-order valence-corrected chi connectivity index (χ1v) is 9.76. The van der Waals surface area contributed by atoms with Crippen LogP contribution in [0.3, 0.4) is 0 Å². The molecule has 0 unspecified atom stereocenters. The van der Waals surface area contributed by atoms with E-state index in [9.17, 15) is 4.79 Å². The lowest BCUT2D eigenvalue weighted by Crippen LogP contribution is -2.26. The predicted molar refractivity (Wildman–Crippen MR) is 104 cm³/mol. The van der Waals surface area contributed by atoms with Crippen molar-refractivity contribution < 1.29 is 9.53 Å². The van der Waals surface area contributed by atoms with Crippen molar-refractivity contribution in [2.24, 2.45) is 0 Å². The summed E-state index contributed by atoms with van der Waals surface area (Å²) < 4.78 is 5.26. The number of carbonyl (C=O) groups excluding carboxylic acids is 1. The highest BCUT2D eigenvalue weighted by atomic mass is 35.5. The van der Waals surface area contributed by atoms with E-state index in [-0.39, 0.29) is 5.97 Å². The van der Waals surface area contributed by atoms with Crippen molar-refractivity contribution in [2.45, 2.75) is 44.4 Å². The van der Waals surface area contributed by atoms with Crippen molar-refractivity contribution in [2.75, 3.05) is 11.9 Å². The molecule has 3 aliphatic rings. The Morgan fingerprint density at radius 3 is 2.50 bits per heavy atom. The van der Waals surface area contributed by atoms with Crippen molar-refractivity contribution in [1.29, 1.82) is 0 Å². The molecule has 26 heavy (non-hydrogen) atoms. The van der Waals surface area contributed by atoms with Crippen molar-refractivity contribution >= 4 is 40.7 Å². The molecule has 1 aromatic heterocycles. The fourth-order valence-corrected chi connectivity index (χ4v) is 4.54. The standard InChI is InChI=1S/C20H20Cl2N2O2/c1-2-26-20(25)14-10-23-19(24-13-7-8-15(21)16(22)9-13)18-12-5-3-11(4-6-12)17(14)18/h7-12H,2-6H2,1H3,(H,23,24). The zero-order valence-corrected chi connectivity index (χ0v) is 16.0. The summed E-state index contributed by atoms with van der Waals surface area (Å²) in [6, 6.07) is 5.43. The topological polar surface area (TPSA) is 51.2 Å². The highest BCUT2D eigenvalue weighted by Gasteiger charge is 2.38. The monoisotopic (exact) mass is 390 g/mol. The summed E-state index contributed by atoms with van der Waals surface area (Å²) in [7, 11) is 0. The summed E-state index contributed by atoms with van der Waals surface area (Å²) >= 11 is 12.1. The van der Waals surface area contributed by atoms with Gasteiger partial charge in [-0.2, -0.15) is 0 Å². The predicted octanol–water partition coefficient (Wildman–Crippen LogP) is 6.06. The van der Waals surface area contributed by atoms with E-state index in [0.29, 0.717) is 34.1 Å². The Labute approximate surface area is 162 Å². The number of halogens is 2. The van der Waals surface area contributed by atoms with Crippen LogP contribution in [0.4, 0.5) is 11.5 Å². The number of hydrogen-bond donors (Lipinski definition) is 1. The molecule has 2 aromatic rings. The van der Waals surface area contributed by atoms with E-state index in [1.54, 1.807) is 18.3 Å². The first-order valence-electron chi connectivity index (χ1n) is 9.00. The molecule has 0 atom stereocenters. The van der Waals surface area contributed by atoms with Gasteiger partial charge in [0.2, 0.25) is 0 Å². The molecule has 0 saturated heterocycles. The number of nitrogens with zero attached hydrogens (tertiary/aromatic N) is 1. The lowest BCUT2D eigenvalue weighted by molar-refractivity contribution is 0.0522. The lowest BCUT2D eigenvalue weighted by Gasteiger charge is -2.40. The van der Waals surface area contributed by atoms with Gasteiger partial charge in [0.05, 0.1) is 22.2 Å². The molecule has 3 aliphatic carbocycles. The normalized spacial score (nSPS) is 20.6. The molecule has 1 aromatic carbocycles. The van der Waals surface area contributed by atoms with Crippen LogP contribution in [0, 0.1) is 0 Å². The molecule has 1 N–H and O–H groups in total.